The lowest BCUT2D eigenvalue weighted by Gasteiger charge is -2.31. The van der Waals surface area contributed by atoms with Crippen LogP contribution in [0.2, 0.25) is 0 Å². The first-order chi connectivity index (χ1) is 15.4. The van der Waals surface area contributed by atoms with Gasteiger partial charge in [0.25, 0.3) is 5.56 Å². The summed E-state index contributed by atoms with van der Waals surface area (Å²) < 4.78 is 13.1. The van der Waals surface area contributed by atoms with Crippen molar-refractivity contribution in [1.82, 2.24) is 19.9 Å². The van der Waals surface area contributed by atoms with Gasteiger partial charge in [0.05, 0.1) is 6.42 Å². The SMILES string of the molecule is Cc1nc2cc(=O)[nH]n2c(C)c1CC(=O)NCC1(c2ccc3c(c2)OCCO3)CCCC1. The highest BCUT2D eigenvalue weighted by Crippen LogP contribution is 2.43. The predicted molar refractivity (Wildman–Crippen MR) is 120 cm³/mol. The molecule has 0 unspecified atom stereocenters. The molecular formula is C24H28N4O4. The van der Waals surface area contributed by atoms with Crippen molar-refractivity contribution in [2.75, 3.05) is 19.8 Å². The second-order valence-electron chi connectivity index (χ2n) is 8.87. The van der Waals surface area contributed by atoms with E-state index in [-0.39, 0.29) is 23.3 Å². The number of nitrogens with zero attached hydrogens (tertiary/aromatic N) is 2. The van der Waals surface area contributed by atoms with Gasteiger partial charge in [-0.3, -0.25) is 14.7 Å². The van der Waals surface area contributed by atoms with Gasteiger partial charge in [0.1, 0.15) is 13.2 Å². The molecule has 32 heavy (non-hydrogen) atoms. The maximum absolute atomic E-state index is 13.0. The molecule has 0 radical (unpaired) electrons. The molecule has 2 aromatic heterocycles. The first kappa shape index (κ1) is 20.6. The highest BCUT2D eigenvalue weighted by Gasteiger charge is 2.37. The Hall–Kier alpha value is -3.29. The van der Waals surface area contributed by atoms with Gasteiger partial charge < -0.3 is 14.8 Å². The maximum atomic E-state index is 13.0. The van der Waals surface area contributed by atoms with E-state index in [1.165, 1.54) is 11.6 Å². The second kappa shape index (κ2) is 8.00. The van der Waals surface area contributed by atoms with Crippen molar-refractivity contribution in [3.05, 3.63) is 57.1 Å². The maximum Gasteiger partial charge on any atom is 0.266 e. The molecule has 0 saturated heterocycles. The summed E-state index contributed by atoms with van der Waals surface area (Å²) in [6.45, 7) is 5.49. The summed E-state index contributed by atoms with van der Waals surface area (Å²) in [4.78, 5) is 29.1. The molecule has 1 amide bonds. The highest BCUT2D eigenvalue weighted by molar-refractivity contribution is 5.79. The van der Waals surface area contributed by atoms with Gasteiger partial charge in [0.15, 0.2) is 17.1 Å². The largest absolute Gasteiger partial charge is 0.486 e. The van der Waals surface area contributed by atoms with Crippen LogP contribution in [0.15, 0.2) is 29.1 Å². The van der Waals surface area contributed by atoms with Gasteiger partial charge in [-0.15, -0.1) is 0 Å². The van der Waals surface area contributed by atoms with Gasteiger partial charge in [-0.1, -0.05) is 18.9 Å². The van der Waals surface area contributed by atoms with Crippen molar-refractivity contribution in [2.24, 2.45) is 0 Å². The Kier molecular flexibility index (Phi) is 5.15. The molecule has 2 aliphatic rings. The normalized spacial score (nSPS) is 16.9. The van der Waals surface area contributed by atoms with E-state index in [0.717, 1.165) is 54.1 Å². The number of fused-ring (bicyclic) bond motifs is 2. The van der Waals surface area contributed by atoms with E-state index >= 15 is 0 Å². The van der Waals surface area contributed by atoms with Crippen molar-refractivity contribution in [1.29, 1.82) is 0 Å². The van der Waals surface area contributed by atoms with Gasteiger partial charge in [-0.05, 0) is 44.4 Å². The Morgan fingerprint density at radius 3 is 2.69 bits per heavy atom. The minimum absolute atomic E-state index is 0.0457. The molecule has 0 spiro atoms. The smallest absolute Gasteiger partial charge is 0.266 e. The zero-order valence-electron chi connectivity index (χ0n) is 18.5. The monoisotopic (exact) mass is 436 g/mol. The number of benzene rings is 1. The Morgan fingerprint density at radius 1 is 1.16 bits per heavy atom. The van der Waals surface area contributed by atoms with Crippen LogP contribution in [-0.4, -0.2) is 40.3 Å². The molecule has 1 aliphatic carbocycles. The molecular weight excluding hydrogens is 408 g/mol. The minimum Gasteiger partial charge on any atom is -0.486 e. The number of aromatic amines is 1. The molecule has 2 N–H and O–H groups in total. The van der Waals surface area contributed by atoms with Crippen LogP contribution in [-0.2, 0) is 16.6 Å². The number of rotatable bonds is 5. The molecule has 0 atom stereocenters. The van der Waals surface area contributed by atoms with Crippen molar-refractivity contribution >= 4 is 11.6 Å². The molecule has 1 saturated carbocycles. The van der Waals surface area contributed by atoms with Gasteiger partial charge in [-0.25, -0.2) is 9.50 Å². The number of carbonyl (C=O) groups is 1. The molecule has 168 valence electrons. The van der Waals surface area contributed by atoms with Crippen LogP contribution < -0.4 is 20.3 Å². The summed E-state index contributed by atoms with van der Waals surface area (Å²) in [7, 11) is 0. The van der Waals surface area contributed by atoms with Crippen LogP contribution in [0.5, 0.6) is 11.5 Å². The number of hydrogen-bond donors (Lipinski definition) is 2. The average Bonchev–Trinajstić information content (AvgIpc) is 3.42. The second-order valence-corrected chi connectivity index (χ2v) is 8.87. The molecule has 3 aromatic rings. The molecule has 1 aliphatic heterocycles. The number of hydrogen-bond acceptors (Lipinski definition) is 5. The van der Waals surface area contributed by atoms with E-state index in [2.05, 4.69) is 27.5 Å². The third-order valence-corrected chi connectivity index (χ3v) is 6.88. The Labute approximate surface area is 185 Å². The van der Waals surface area contributed by atoms with Gasteiger partial charge in [0, 0.05) is 35.0 Å². The summed E-state index contributed by atoms with van der Waals surface area (Å²) in [5, 5.41) is 5.92. The predicted octanol–water partition coefficient (Wildman–Crippen LogP) is 2.58. The van der Waals surface area contributed by atoms with Crippen LogP contribution in [0.25, 0.3) is 5.65 Å². The highest BCUT2D eigenvalue weighted by atomic mass is 16.6. The third kappa shape index (κ3) is 3.63. The first-order valence-corrected chi connectivity index (χ1v) is 11.2. The molecule has 3 heterocycles. The number of nitrogens with one attached hydrogen (secondary N) is 2. The van der Waals surface area contributed by atoms with E-state index in [4.69, 9.17) is 9.47 Å². The van der Waals surface area contributed by atoms with Crippen LogP contribution in [0, 0.1) is 13.8 Å². The lowest BCUT2D eigenvalue weighted by Crippen LogP contribution is -2.40. The number of ether oxygens (including phenoxy) is 2. The Morgan fingerprint density at radius 2 is 1.91 bits per heavy atom. The quantitative estimate of drug-likeness (QED) is 0.641. The first-order valence-electron chi connectivity index (χ1n) is 11.2. The molecule has 5 rings (SSSR count). The minimum atomic E-state index is -0.204. The number of aromatic nitrogens is 3. The summed E-state index contributed by atoms with van der Waals surface area (Å²) >= 11 is 0. The summed E-state index contributed by atoms with van der Waals surface area (Å²) in [6, 6.07) is 7.64. The third-order valence-electron chi connectivity index (χ3n) is 6.88. The van der Waals surface area contributed by atoms with Crippen LogP contribution >= 0.6 is 0 Å². The topological polar surface area (TPSA) is 97.7 Å². The number of H-pyrrole nitrogens is 1. The lowest BCUT2D eigenvalue weighted by molar-refractivity contribution is -0.120. The standard InChI is InChI=1S/C24H28N4O4/c1-15-18(16(2)28-21(26-15)13-23(30)27-28)12-22(29)25-14-24(7-3-4-8-24)17-5-6-19-20(11-17)32-10-9-31-19/h5-6,11,13H,3-4,7-10,12,14H2,1-2H3,(H,25,29)(H,27,30). The summed E-state index contributed by atoms with van der Waals surface area (Å²) in [5.74, 6) is 1.53. The van der Waals surface area contributed by atoms with E-state index < -0.39 is 0 Å². The molecule has 0 bridgehead atoms. The number of carbonyl (C=O) groups excluding carboxylic acids is 1. The summed E-state index contributed by atoms with van der Waals surface area (Å²) in [5.41, 5.74) is 3.89. The fourth-order valence-electron chi connectivity index (χ4n) is 5.09. The van der Waals surface area contributed by atoms with Crippen LogP contribution in [0.1, 0.15) is 48.2 Å². The van der Waals surface area contributed by atoms with Crippen molar-refractivity contribution < 1.29 is 14.3 Å². The van der Waals surface area contributed by atoms with Gasteiger partial charge >= 0.3 is 0 Å². The van der Waals surface area contributed by atoms with Crippen molar-refractivity contribution in [3.8, 4) is 11.5 Å². The average molecular weight is 437 g/mol. The molecule has 8 heteroatoms. The number of amides is 1. The Bertz CT molecular complexity index is 1240. The van der Waals surface area contributed by atoms with Crippen LogP contribution in [0.4, 0.5) is 0 Å². The van der Waals surface area contributed by atoms with E-state index in [0.29, 0.717) is 25.4 Å². The van der Waals surface area contributed by atoms with Gasteiger partial charge in [-0.2, -0.15) is 0 Å². The zero-order valence-corrected chi connectivity index (χ0v) is 18.5. The molecule has 1 fully saturated rings. The van der Waals surface area contributed by atoms with E-state index in [1.807, 2.05) is 19.9 Å². The molecule has 8 nitrogen and oxygen atoms in total. The zero-order chi connectivity index (χ0) is 22.3. The Balaban J connectivity index is 1.34. The fourth-order valence-corrected chi connectivity index (χ4v) is 5.09. The van der Waals surface area contributed by atoms with Crippen molar-refractivity contribution in [3.63, 3.8) is 0 Å². The lowest BCUT2D eigenvalue weighted by atomic mass is 9.78. The molecule has 1 aromatic carbocycles. The van der Waals surface area contributed by atoms with Crippen LogP contribution in [0.3, 0.4) is 0 Å². The number of aryl methyl sites for hydroxylation is 2. The van der Waals surface area contributed by atoms with Crippen molar-refractivity contribution in [2.45, 2.75) is 51.4 Å². The van der Waals surface area contributed by atoms with E-state index in [1.54, 1.807) is 4.52 Å². The fraction of sp³-hybridized carbons (Fsp3) is 0.458. The van der Waals surface area contributed by atoms with E-state index in [9.17, 15) is 9.59 Å². The summed E-state index contributed by atoms with van der Waals surface area (Å²) in [6.07, 6.45) is 4.57. The van der Waals surface area contributed by atoms with Gasteiger partial charge in [0.2, 0.25) is 5.91 Å².